The first-order chi connectivity index (χ1) is 11.6. The average molecular weight is 333 g/mol. The van der Waals surface area contributed by atoms with Crippen LogP contribution in [-0.2, 0) is 10.3 Å². The summed E-state index contributed by atoms with van der Waals surface area (Å²) < 4.78 is 1.69. The van der Waals surface area contributed by atoms with Crippen molar-refractivity contribution in [3.63, 3.8) is 0 Å². The number of rotatable bonds is 2. The van der Waals surface area contributed by atoms with Crippen molar-refractivity contribution in [1.29, 1.82) is 0 Å². The summed E-state index contributed by atoms with van der Waals surface area (Å²) in [6, 6.07) is 0. The highest BCUT2D eigenvalue weighted by Gasteiger charge is 2.49. The quantitative estimate of drug-likeness (QED) is 0.886. The Hall–Kier alpha value is -1.50. The number of carbonyl (C=O) groups is 1. The van der Waals surface area contributed by atoms with E-state index in [0.717, 1.165) is 51.4 Å². The number of aromatic nitrogens is 4. The number of aliphatic hydroxyl groups is 1. The molecule has 2 saturated carbocycles. The number of carbonyl (C=O) groups excluding carboxylic acids is 1. The standard InChI is InChI=1S/C17H27N5O2/c23-15(16(7-3-1-4-8-16)22-13-18-19-20-22)21-11-10-17(24)9-5-2-6-14(17)12-21/h13-14,24H,1-12H2/t14-,17+/m1/s1. The van der Waals surface area contributed by atoms with Crippen LogP contribution in [0.5, 0.6) is 0 Å². The fourth-order valence-electron chi connectivity index (χ4n) is 5.08. The third-order valence-corrected chi connectivity index (χ3v) is 6.58. The Kier molecular flexibility index (Phi) is 4.06. The second kappa shape index (κ2) is 6.10. The van der Waals surface area contributed by atoms with Gasteiger partial charge in [-0.05, 0) is 42.5 Å². The van der Waals surface area contributed by atoms with E-state index in [1.165, 1.54) is 6.42 Å². The molecule has 0 spiro atoms. The van der Waals surface area contributed by atoms with E-state index in [4.69, 9.17) is 0 Å². The van der Waals surface area contributed by atoms with Crippen molar-refractivity contribution in [2.24, 2.45) is 5.92 Å². The third kappa shape index (κ3) is 2.53. The molecular weight excluding hydrogens is 306 g/mol. The molecule has 1 aliphatic heterocycles. The van der Waals surface area contributed by atoms with Gasteiger partial charge in [-0.15, -0.1) is 5.10 Å². The fraction of sp³-hybridized carbons (Fsp3) is 0.882. The van der Waals surface area contributed by atoms with Crippen LogP contribution in [0.25, 0.3) is 0 Å². The van der Waals surface area contributed by atoms with E-state index in [9.17, 15) is 9.90 Å². The van der Waals surface area contributed by atoms with Crippen LogP contribution < -0.4 is 0 Å². The highest BCUT2D eigenvalue weighted by Crippen LogP contribution is 2.42. The number of piperidine rings is 1. The molecule has 4 rings (SSSR count). The Labute approximate surface area is 142 Å². The van der Waals surface area contributed by atoms with Crippen LogP contribution in [-0.4, -0.2) is 54.8 Å². The van der Waals surface area contributed by atoms with E-state index in [-0.39, 0.29) is 11.8 Å². The molecule has 2 atom stereocenters. The largest absolute Gasteiger partial charge is 0.389 e. The van der Waals surface area contributed by atoms with Crippen LogP contribution in [0.15, 0.2) is 6.33 Å². The maximum absolute atomic E-state index is 13.5. The number of amides is 1. The van der Waals surface area contributed by atoms with E-state index in [1.54, 1.807) is 11.0 Å². The van der Waals surface area contributed by atoms with E-state index in [1.807, 2.05) is 4.90 Å². The molecule has 0 aromatic carbocycles. The maximum Gasteiger partial charge on any atom is 0.250 e. The highest BCUT2D eigenvalue weighted by molar-refractivity contribution is 5.84. The average Bonchev–Trinajstić information content (AvgIpc) is 3.16. The second-order valence-electron chi connectivity index (χ2n) is 7.89. The zero-order chi connectivity index (χ0) is 16.6. The minimum absolute atomic E-state index is 0.155. The van der Waals surface area contributed by atoms with E-state index in [0.29, 0.717) is 19.5 Å². The lowest BCUT2D eigenvalue weighted by Crippen LogP contribution is -2.59. The molecule has 132 valence electrons. The summed E-state index contributed by atoms with van der Waals surface area (Å²) in [4.78, 5) is 15.5. The van der Waals surface area contributed by atoms with Gasteiger partial charge in [-0.1, -0.05) is 32.1 Å². The van der Waals surface area contributed by atoms with Crippen molar-refractivity contribution >= 4 is 5.91 Å². The Morgan fingerprint density at radius 3 is 2.62 bits per heavy atom. The van der Waals surface area contributed by atoms with Gasteiger partial charge in [0.25, 0.3) is 5.91 Å². The summed E-state index contributed by atoms with van der Waals surface area (Å²) in [5.41, 5.74) is -1.17. The molecule has 2 heterocycles. The van der Waals surface area contributed by atoms with Gasteiger partial charge in [0.15, 0.2) is 0 Å². The minimum Gasteiger partial charge on any atom is -0.389 e. The Balaban J connectivity index is 1.57. The SMILES string of the molecule is O=C(N1CC[C@@]2(O)CCCC[C@@H]2C1)C1(n2cnnn2)CCCCC1. The van der Waals surface area contributed by atoms with Gasteiger partial charge in [0.05, 0.1) is 5.60 Å². The molecule has 0 radical (unpaired) electrons. The van der Waals surface area contributed by atoms with Gasteiger partial charge < -0.3 is 10.0 Å². The zero-order valence-electron chi connectivity index (χ0n) is 14.2. The molecular formula is C17H27N5O2. The topological polar surface area (TPSA) is 84.1 Å². The molecule has 7 heteroatoms. The van der Waals surface area contributed by atoms with Gasteiger partial charge in [0.1, 0.15) is 11.9 Å². The molecule has 24 heavy (non-hydrogen) atoms. The van der Waals surface area contributed by atoms with Gasteiger partial charge >= 0.3 is 0 Å². The normalized spacial score (nSPS) is 33.0. The van der Waals surface area contributed by atoms with Crippen molar-refractivity contribution in [2.75, 3.05) is 13.1 Å². The van der Waals surface area contributed by atoms with E-state index >= 15 is 0 Å². The highest BCUT2D eigenvalue weighted by atomic mass is 16.3. The fourth-order valence-corrected chi connectivity index (χ4v) is 5.08. The first kappa shape index (κ1) is 16.0. The summed E-state index contributed by atoms with van der Waals surface area (Å²) in [5, 5.41) is 22.5. The van der Waals surface area contributed by atoms with Gasteiger partial charge in [-0.2, -0.15) is 0 Å². The summed E-state index contributed by atoms with van der Waals surface area (Å²) in [6.07, 6.45) is 11.3. The first-order valence-electron chi connectivity index (χ1n) is 9.39. The van der Waals surface area contributed by atoms with Gasteiger partial charge in [0.2, 0.25) is 0 Å². The van der Waals surface area contributed by atoms with Gasteiger partial charge in [0, 0.05) is 19.0 Å². The summed E-state index contributed by atoms with van der Waals surface area (Å²) in [7, 11) is 0. The predicted molar refractivity (Wildman–Crippen MR) is 87.0 cm³/mol. The molecule has 3 aliphatic rings. The van der Waals surface area contributed by atoms with Crippen LogP contribution in [0.2, 0.25) is 0 Å². The molecule has 0 bridgehead atoms. The molecule has 1 N–H and O–H groups in total. The number of tetrazole rings is 1. The number of fused-ring (bicyclic) bond motifs is 1. The van der Waals surface area contributed by atoms with Crippen LogP contribution >= 0.6 is 0 Å². The molecule has 1 saturated heterocycles. The smallest absolute Gasteiger partial charge is 0.250 e. The molecule has 1 aromatic rings. The number of nitrogens with zero attached hydrogens (tertiary/aromatic N) is 5. The lowest BCUT2D eigenvalue weighted by Gasteiger charge is -2.49. The lowest BCUT2D eigenvalue weighted by molar-refractivity contribution is -0.154. The first-order valence-corrected chi connectivity index (χ1v) is 9.39. The monoisotopic (exact) mass is 333 g/mol. The second-order valence-corrected chi connectivity index (χ2v) is 7.89. The lowest BCUT2D eigenvalue weighted by atomic mass is 9.70. The van der Waals surface area contributed by atoms with Crippen LogP contribution in [0, 0.1) is 5.92 Å². The van der Waals surface area contributed by atoms with Crippen molar-refractivity contribution < 1.29 is 9.90 Å². The van der Waals surface area contributed by atoms with Crippen LogP contribution in [0.4, 0.5) is 0 Å². The number of likely N-dealkylation sites (tertiary alicyclic amines) is 1. The van der Waals surface area contributed by atoms with Crippen molar-refractivity contribution in [1.82, 2.24) is 25.1 Å². The number of hydrogen-bond acceptors (Lipinski definition) is 5. The van der Waals surface area contributed by atoms with Crippen LogP contribution in [0.3, 0.4) is 0 Å². The Bertz CT molecular complexity index is 584. The Morgan fingerprint density at radius 1 is 1.08 bits per heavy atom. The van der Waals surface area contributed by atoms with E-state index in [2.05, 4.69) is 15.5 Å². The molecule has 0 unspecified atom stereocenters. The Morgan fingerprint density at radius 2 is 1.88 bits per heavy atom. The predicted octanol–water partition coefficient (Wildman–Crippen LogP) is 1.49. The van der Waals surface area contributed by atoms with Crippen LogP contribution in [0.1, 0.15) is 64.2 Å². The van der Waals surface area contributed by atoms with Crippen molar-refractivity contribution in [2.45, 2.75) is 75.3 Å². The number of hydrogen-bond donors (Lipinski definition) is 1. The zero-order valence-corrected chi connectivity index (χ0v) is 14.2. The molecule has 1 amide bonds. The van der Waals surface area contributed by atoms with Gasteiger partial charge in [-0.3, -0.25) is 4.79 Å². The molecule has 1 aromatic heterocycles. The van der Waals surface area contributed by atoms with Crippen molar-refractivity contribution in [3.8, 4) is 0 Å². The molecule has 7 nitrogen and oxygen atoms in total. The molecule has 3 fully saturated rings. The van der Waals surface area contributed by atoms with E-state index < -0.39 is 11.1 Å². The molecule has 2 aliphatic carbocycles. The summed E-state index contributed by atoms with van der Waals surface area (Å²) >= 11 is 0. The summed E-state index contributed by atoms with van der Waals surface area (Å²) in [6.45, 7) is 1.33. The summed E-state index contributed by atoms with van der Waals surface area (Å²) in [5.74, 6) is 0.376. The van der Waals surface area contributed by atoms with Crippen molar-refractivity contribution in [3.05, 3.63) is 6.33 Å². The maximum atomic E-state index is 13.5. The van der Waals surface area contributed by atoms with Gasteiger partial charge in [-0.25, -0.2) is 4.68 Å². The third-order valence-electron chi connectivity index (χ3n) is 6.58. The minimum atomic E-state index is -0.619.